The van der Waals surface area contributed by atoms with E-state index in [9.17, 15) is 0 Å². The van der Waals surface area contributed by atoms with Crippen LogP contribution in [0.2, 0.25) is 5.15 Å². The molecule has 0 spiro atoms. The zero-order valence-corrected chi connectivity index (χ0v) is 7.57. The van der Waals surface area contributed by atoms with Crippen molar-refractivity contribution in [1.82, 2.24) is 4.98 Å². The van der Waals surface area contributed by atoms with Gasteiger partial charge in [-0.25, -0.2) is 0 Å². The topological polar surface area (TPSA) is 12.9 Å². The minimum atomic E-state index is 0. The van der Waals surface area contributed by atoms with Gasteiger partial charge in [0.2, 0.25) is 0 Å². The molecule has 1 nitrogen and oxygen atoms in total. The molecule has 0 aliphatic carbocycles. The SMILES string of the molecule is [Cl-].[Mg+][c]1cccc(Cl)n1. The first-order valence-electron chi connectivity index (χ1n) is 2.23. The average molecular weight is 172 g/mol. The molecule has 1 heterocycles. The molecule has 0 bridgehead atoms. The fourth-order valence-corrected chi connectivity index (χ4v) is 1.04. The molecule has 0 atom stereocenters. The van der Waals surface area contributed by atoms with E-state index in [1.807, 2.05) is 12.1 Å². The molecule has 0 radical (unpaired) electrons. The van der Waals surface area contributed by atoms with Crippen molar-refractivity contribution in [3.05, 3.63) is 23.4 Å². The molecule has 4 heteroatoms. The molecule has 44 valence electrons. The summed E-state index contributed by atoms with van der Waals surface area (Å²) in [5.41, 5.74) is 0. The van der Waals surface area contributed by atoms with Crippen molar-refractivity contribution in [3.8, 4) is 0 Å². The van der Waals surface area contributed by atoms with Gasteiger partial charge < -0.3 is 12.4 Å². The van der Waals surface area contributed by atoms with Gasteiger partial charge >= 0.3 is 65.5 Å². The van der Waals surface area contributed by atoms with E-state index in [-0.39, 0.29) is 12.4 Å². The van der Waals surface area contributed by atoms with Gasteiger partial charge in [-0.1, -0.05) is 0 Å². The fourth-order valence-electron chi connectivity index (χ4n) is 0.450. The van der Waals surface area contributed by atoms with E-state index < -0.39 is 0 Å². The van der Waals surface area contributed by atoms with Crippen LogP contribution >= 0.6 is 11.6 Å². The average Bonchev–Trinajstić information content (AvgIpc) is 1.64. The van der Waals surface area contributed by atoms with Crippen molar-refractivity contribution >= 4 is 37.1 Å². The zero-order chi connectivity index (χ0) is 5.98. The van der Waals surface area contributed by atoms with Gasteiger partial charge in [-0.05, 0) is 0 Å². The molecule has 1 aromatic heterocycles. The van der Waals surface area contributed by atoms with Gasteiger partial charge in [-0.15, -0.1) is 0 Å². The zero-order valence-electron chi connectivity index (χ0n) is 4.64. The van der Waals surface area contributed by atoms with Gasteiger partial charge in [0, 0.05) is 0 Å². The van der Waals surface area contributed by atoms with Crippen LogP contribution in [0.4, 0.5) is 0 Å². The number of halogens is 2. The van der Waals surface area contributed by atoms with Gasteiger partial charge in [0.05, 0.1) is 0 Å². The quantitative estimate of drug-likeness (QED) is 0.312. The number of aromatic nitrogens is 1. The number of nitrogens with zero attached hydrogens (tertiary/aromatic N) is 1. The molecule has 0 unspecified atom stereocenters. The predicted octanol–water partition coefficient (Wildman–Crippen LogP) is -2.47. The molecular formula is C5H3Cl2MgN. The summed E-state index contributed by atoms with van der Waals surface area (Å²) in [7, 11) is 0. The third kappa shape index (κ3) is 3.25. The summed E-state index contributed by atoms with van der Waals surface area (Å²) in [6, 6.07) is 5.57. The third-order valence-corrected chi connectivity index (χ3v) is 1.38. The molecule has 0 aromatic carbocycles. The summed E-state index contributed by atoms with van der Waals surface area (Å²) in [6.07, 6.45) is 0. The second-order valence-electron chi connectivity index (χ2n) is 1.45. The summed E-state index contributed by atoms with van der Waals surface area (Å²) in [6.45, 7) is 0. The van der Waals surface area contributed by atoms with Crippen LogP contribution in [0.5, 0.6) is 0 Å². The molecule has 0 N–H and O–H groups in total. The van der Waals surface area contributed by atoms with Crippen LogP contribution in [0.15, 0.2) is 18.2 Å². The molecule has 0 saturated heterocycles. The van der Waals surface area contributed by atoms with Gasteiger partial charge in [-0.3, -0.25) is 0 Å². The summed E-state index contributed by atoms with van der Waals surface area (Å²) in [5.74, 6) is 0. The summed E-state index contributed by atoms with van der Waals surface area (Å²) in [4.78, 5) is 3.95. The maximum absolute atomic E-state index is 5.54. The van der Waals surface area contributed by atoms with Crippen LogP contribution < -0.4 is 16.2 Å². The van der Waals surface area contributed by atoms with E-state index in [1.165, 1.54) is 0 Å². The Kier molecular flexibility index (Phi) is 4.57. The Morgan fingerprint density at radius 1 is 1.44 bits per heavy atom. The Morgan fingerprint density at radius 2 is 2.11 bits per heavy atom. The molecule has 0 aliphatic rings. The maximum atomic E-state index is 5.54. The van der Waals surface area contributed by atoms with Crippen LogP contribution in [0.25, 0.3) is 0 Å². The monoisotopic (exact) mass is 171 g/mol. The molecule has 1 rings (SSSR count). The Hall–Kier alpha value is 0.496. The molecule has 0 amide bonds. The molecule has 9 heavy (non-hydrogen) atoms. The Bertz CT molecular complexity index is 175. The van der Waals surface area contributed by atoms with Crippen molar-refractivity contribution < 1.29 is 12.4 Å². The van der Waals surface area contributed by atoms with Crippen molar-refractivity contribution in [1.29, 1.82) is 0 Å². The van der Waals surface area contributed by atoms with Crippen LogP contribution in [-0.4, -0.2) is 26.7 Å². The predicted molar refractivity (Wildman–Crippen MR) is 34.6 cm³/mol. The minimum absolute atomic E-state index is 0. The van der Waals surface area contributed by atoms with Crippen LogP contribution in [0.3, 0.4) is 0 Å². The Morgan fingerprint density at radius 3 is 2.44 bits per heavy atom. The van der Waals surface area contributed by atoms with Gasteiger partial charge in [0.25, 0.3) is 0 Å². The Balaban J connectivity index is 0.000000640. The van der Waals surface area contributed by atoms with Crippen LogP contribution in [-0.2, 0) is 0 Å². The summed E-state index contributed by atoms with van der Waals surface area (Å²) >= 11 is 7.26. The van der Waals surface area contributed by atoms with E-state index in [2.05, 4.69) is 4.98 Å². The van der Waals surface area contributed by atoms with E-state index in [1.54, 1.807) is 27.8 Å². The molecule has 1 aromatic rings. The van der Waals surface area contributed by atoms with Gasteiger partial charge in [-0.2, -0.15) is 0 Å². The van der Waals surface area contributed by atoms with E-state index in [4.69, 9.17) is 11.6 Å². The fraction of sp³-hybridized carbons (Fsp3) is 0. The molecule has 0 fully saturated rings. The molecular weight excluding hydrogens is 169 g/mol. The van der Waals surface area contributed by atoms with Crippen molar-refractivity contribution in [3.63, 3.8) is 0 Å². The van der Waals surface area contributed by atoms with Gasteiger partial charge in [0.1, 0.15) is 0 Å². The second kappa shape index (κ2) is 4.33. The number of rotatable bonds is 0. The Labute approximate surface area is 77.7 Å². The normalized spacial score (nSPS) is 8.33. The number of hydrogen-bond donors (Lipinski definition) is 0. The first kappa shape index (κ1) is 9.50. The van der Waals surface area contributed by atoms with Crippen LogP contribution in [0, 0.1) is 0 Å². The number of hydrogen-bond acceptors (Lipinski definition) is 1. The third-order valence-electron chi connectivity index (χ3n) is 0.773. The van der Waals surface area contributed by atoms with Crippen molar-refractivity contribution in [2.24, 2.45) is 0 Å². The van der Waals surface area contributed by atoms with Gasteiger partial charge in [0.15, 0.2) is 0 Å². The van der Waals surface area contributed by atoms with Crippen molar-refractivity contribution in [2.45, 2.75) is 0 Å². The van der Waals surface area contributed by atoms with E-state index in [0.717, 1.165) is 3.82 Å². The number of pyridine rings is 1. The first-order valence-corrected chi connectivity index (χ1v) is 3.32. The van der Waals surface area contributed by atoms with E-state index >= 15 is 0 Å². The summed E-state index contributed by atoms with van der Waals surface area (Å²) < 4.78 is 0.984. The van der Waals surface area contributed by atoms with Crippen molar-refractivity contribution in [2.75, 3.05) is 0 Å². The first-order chi connectivity index (χ1) is 3.79. The molecule has 0 aliphatic heterocycles. The molecule has 0 saturated carbocycles. The van der Waals surface area contributed by atoms with Crippen LogP contribution in [0.1, 0.15) is 0 Å². The standard InChI is InChI=1S/C5H3ClN.ClH.Mg/c6-5-3-1-2-4-7-5;;/h1-3H;1H;/q;;+1/p-1. The van der Waals surface area contributed by atoms with E-state index in [0.29, 0.717) is 5.15 Å². The second-order valence-corrected chi connectivity index (χ2v) is 2.56. The summed E-state index contributed by atoms with van der Waals surface area (Å²) in [5, 5.41) is 0.567.